The van der Waals surface area contributed by atoms with Gasteiger partial charge >= 0.3 is 0 Å². The molecule has 2 aromatic rings. The van der Waals surface area contributed by atoms with Crippen molar-refractivity contribution < 1.29 is 4.39 Å². The number of nitrogens with two attached hydrogens (primary N) is 1. The lowest BCUT2D eigenvalue weighted by Crippen LogP contribution is -1.94. The van der Waals surface area contributed by atoms with E-state index in [0.717, 1.165) is 0 Å². The molecule has 0 amide bonds. The fourth-order valence-corrected chi connectivity index (χ4v) is 2.19. The van der Waals surface area contributed by atoms with Crippen LogP contribution in [0.4, 0.5) is 4.39 Å². The lowest BCUT2D eigenvalue weighted by molar-refractivity contribution is 0.630. The van der Waals surface area contributed by atoms with Crippen molar-refractivity contribution in [2.75, 3.05) is 0 Å². The second-order valence-corrected chi connectivity index (χ2v) is 4.81. The van der Waals surface area contributed by atoms with Crippen molar-refractivity contribution in [1.29, 1.82) is 0 Å². The number of hydrogen-bond donors (Lipinski definition) is 1. The number of benzene rings is 1. The van der Waals surface area contributed by atoms with Crippen LogP contribution >= 0.6 is 27.3 Å². The highest BCUT2D eigenvalue weighted by molar-refractivity contribution is 9.10. The molecule has 0 aliphatic rings. The molecule has 2 rings (SSSR count). The van der Waals surface area contributed by atoms with Crippen LogP contribution in [0.1, 0.15) is 5.01 Å². The first-order chi connectivity index (χ1) is 7.20. The summed E-state index contributed by atoms with van der Waals surface area (Å²) < 4.78 is 14.2. The van der Waals surface area contributed by atoms with Crippen LogP contribution in [0.15, 0.2) is 22.7 Å². The second kappa shape index (κ2) is 4.34. The third-order valence-corrected chi connectivity index (χ3v) is 3.28. The van der Waals surface area contributed by atoms with Crippen LogP contribution in [0.3, 0.4) is 0 Å². The predicted octanol–water partition coefficient (Wildman–Crippen LogP) is 2.57. The summed E-state index contributed by atoms with van der Waals surface area (Å²) in [4.78, 5) is 0. The molecule has 3 nitrogen and oxygen atoms in total. The quantitative estimate of drug-likeness (QED) is 0.924. The summed E-state index contributed by atoms with van der Waals surface area (Å²) in [7, 11) is 0. The van der Waals surface area contributed by atoms with Gasteiger partial charge in [-0.15, -0.1) is 10.2 Å². The summed E-state index contributed by atoms with van der Waals surface area (Å²) in [6.45, 7) is 0.329. The Kier molecular flexibility index (Phi) is 3.08. The Bertz CT molecular complexity index is 486. The molecule has 0 saturated heterocycles. The van der Waals surface area contributed by atoms with Gasteiger partial charge in [0.1, 0.15) is 10.8 Å². The van der Waals surface area contributed by atoms with Crippen LogP contribution in [0.25, 0.3) is 10.6 Å². The van der Waals surface area contributed by atoms with Crippen molar-refractivity contribution >= 4 is 27.3 Å². The first-order valence-electron chi connectivity index (χ1n) is 4.18. The third kappa shape index (κ3) is 2.22. The van der Waals surface area contributed by atoms with E-state index in [-0.39, 0.29) is 5.82 Å². The molecule has 1 aromatic carbocycles. The van der Waals surface area contributed by atoms with Crippen molar-refractivity contribution in [3.05, 3.63) is 33.5 Å². The molecule has 0 aliphatic carbocycles. The van der Waals surface area contributed by atoms with Gasteiger partial charge in [-0.2, -0.15) is 0 Å². The second-order valence-electron chi connectivity index (χ2n) is 2.83. The number of halogens is 2. The van der Waals surface area contributed by atoms with Crippen LogP contribution < -0.4 is 5.73 Å². The fraction of sp³-hybridized carbons (Fsp3) is 0.111. The van der Waals surface area contributed by atoms with E-state index in [1.165, 1.54) is 17.4 Å². The van der Waals surface area contributed by atoms with E-state index < -0.39 is 0 Å². The molecule has 0 saturated carbocycles. The highest BCUT2D eigenvalue weighted by atomic mass is 79.9. The maximum Gasteiger partial charge on any atom is 0.150 e. The molecular weight excluding hydrogens is 281 g/mol. The van der Waals surface area contributed by atoms with Crippen molar-refractivity contribution in [2.45, 2.75) is 6.54 Å². The molecule has 2 N–H and O–H groups in total. The van der Waals surface area contributed by atoms with Crippen molar-refractivity contribution in [1.82, 2.24) is 10.2 Å². The molecule has 6 heteroatoms. The maximum atomic E-state index is 13.5. The molecular formula is C9H7BrFN3S. The topological polar surface area (TPSA) is 51.8 Å². The van der Waals surface area contributed by atoms with Gasteiger partial charge in [0.25, 0.3) is 0 Å². The van der Waals surface area contributed by atoms with Gasteiger partial charge < -0.3 is 5.73 Å². The van der Waals surface area contributed by atoms with Crippen molar-refractivity contribution in [3.63, 3.8) is 0 Å². The zero-order valence-electron chi connectivity index (χ0n) is 7.58. The van der Waals surface area contributed by atoms with Gasteiger partial charge in [-0.05, 0) is 18.2 Å². The van der Waals surface area contributed by atoms with Crippen LogP contribution in [0.5, 0.6) is 0 Å². The van der Waals surface area contributed by atoms with E-state index in [4.69, 9.17) is 5.73 Å². The van der Waals surface area contributed by atoms with E-state index in [1.54, 1.807) is 12.1 Å². The first-order valence-corrected chi connectivity index (χ1v) is 5.79. The lowest BCUT2D eigenvalue weighted by atomic mass is 10.2. The van der Waals surface area contributed by atoms with Crippen LogP contribution in [0.2, 0.25) is 0 Å². The van der Waals surface area contributed by atoms with Crippen LogP contribution in [-0.4, -0.2) is 10.2 Å². The van der Waals surface area contributed by atoms with Gasteiger partial charge in [0, 0.05) is 16.6 Å². The van der Waals surface area contributed by atoms with Gasteiger partial charge in [0.05, 0.1) is 0 Å². The van der Waals surface area contributed by atoms with Crippen molar-refractivity contribution in [2.24, 2.45) is 5.73 Å². The Morgan fingerprint density at radius 2 is 2.20 bits per heavy atom. The number of nitrogens with zero attached hydrogens (tertiary/aromatic N) is 2. The minimum absolute atomic E-state index is 0.316. The predicted molar refractivity (Wildman–Crippen MR) is 60.9 cm³/mol. The van der Waals surface area contributed by atoms with Gasteiger partial charge in [-0.25, -0.2) is 4.39 Å². The Labute approximate surface area is 98.3 Å². The molecule has 1 aromatic heterocycles. The van der Waals surface area contributed by atoms with Gasteiger partial charge in [-0.1, -0.05) is 27.3 Å². The molecule has 78 valence electrons. The smallest absolute Gasteiger partial charge is 0.150 e. The molecule has 0 atom stereocenters. The molecule has 15 heavy (non-hydrogen) atoms. The normalized spacial score (nSPS) is 10.6. The fourth-order valence-electron chi connectivity index (χ4n) is 1.11. The Morgan fingerprint density at radius 3 is 2.80 bits per heavy atom. The van der Waals surface area contributed by atoms with Crippen LogP contribution in [0, 0.1) is 5.82 Å². The SMILES string of the molecule is NCc1nnc(-c2ccc(Br)cc2F)s1. The molecule has 0 fully saturated rings. The number of aromatic nitrogens is 2. The van der Waals surface area contributed by atoms with E-state index in [1.807, 2.05) is 0 Å². The first kappa shape index (κ1) is 10.7. The molecule has 0 unspecified atom stereocenters. The highest BCUT2D eigenvalue weighted by Crippen LogP contribution is 2.27. The van der Waals surface area contributed by atoms with E-state index in [9.17, 15) is 4.39 Å². The molecule has 0 aliphatic heterocycles. The Hall–Kier alpha value is -0.850. The Balaban J connectivity index is 2.44. The molecule has 0 bridgehead atoms. The van der Waals surface area contributed by atoms with Crippen molar-refractivity contribution in [3.8, 4) is 10.6 Å². The monoisotopic (exact) mass is 287 g/mol. The summed E-state index contributed by atoms with van der Waals surface area (Å²) >= 11 is 4.50. The largest absolute Gasteiger partial charge is 0.324 e. The standard InChI is InChI=1S/C9H7BrFN3S/c10-5-1-2-6(7(11)3-5)9-14-13-8(4-12)15-9/h1-3H,4,12H2. The number of rotatable bonds is 2. The van der Waals surface area contributed by atoms with E-state index in [0.29, 0.717) is 26.6 Å². The van der Waals surface area contributed by atoms with Gasteiger partial charge in [0.15, 0.2) is 5.01 Å². The summed E-state index contributed by atoms with van der Waals surface area (Å²) in [5, 5.41) is 8.98. The minimum Gasteiger partial charge on any atom is -0.324 e. The lowest BCUT2D eigenvalue weighted by Gasteiger charge is -1.97. The maximum absolute atomic E-state index is 13.5. The summed E-state index contributed by atoms with van der Waals surface area (Å²) in [6.07, 6.45) is 0. The Morgan fingerprint density at radius 1 is 1.40 bits per heavy atom. The van der Waals surface area contributed by atoms with Gasteiger partial charge in [0.2, 0.25) is 0 Å². The average Bonchev–Trinajstić information content (AvgIpc) is 2.66. The molecule has 1 heterocycles. The number of hydrogen-bond acceptors (Lipinski definition) is 4. The average molecular weight is 288 g/mol. The van der Waals surface area contributed by atoms with E-state index >= 15 is 0 Å². The third-order valence-electron chi connectivity index (χ3n) is 1.80. The summed E-state index contributed by atoms with van der Waals surface area (Å²) in [5.41, 5.74) is 5.86. The zero-order chi connectivity index (χ0) is 10.8. The highest BCUT2D eigenvalue weighted by Gasteiger charge is 2.10. The summed E-state index contributed by atoms with van der Waals surface area (Å²) in [5.74, 6) is -0.316. The van der Waals surface area contributed by atoms with Crippen LogP contribution in [-0.2, 0) is 6.54 Å². The minimum atomic E-state index is -0.316. The van der Waals surface area contributed by atoms with E-state index in [2.05, 4.69) is 26.1 Å². The zero-order valence-corrected chi connectivity index (χ0v) is 9.98. The molecule has 0 spiro atoms. The molecule has 0 radical (unpaired) electrons. The van der Waals surface area contributed by atoms with Gasteiger partial charge in [-0.3, -0.25) is 0 Å². The summed E-state index contributed by atoms with van der Waals surface area (Å²) in [6, 6.07) is 4.83.